The molecule has 24 heavy (non-hydrogen) atoms. The smallest absolute Gasteiger partial charge is 0.340 e. The van der Waals surface area contributed by atoms with Crippen LogP contribution < -0.4 is 4.74 Å². The first-order valence-corrected chi connectivity index (χ1v) is 7.91. The van der Waals surface area contributed by atoms with Gasteiger partial charge in [0.1, 0.15) is 25.3 Å². The van der Waals surface area contributed by atoms with Gasteiger partial charge in [0.25, 0.3) is 0 Å². The zero-order valence-corrected chi connectivity index (χ0v) is 14.1. The van der Waals surface area contributed by atoms with E-state index in [4.69, 9.17) is 9.47 Å². The van der Waals surface area contributed by atoms with Crippen LogP contribution in [0.15, 0.2) is 59.3 Å². The molecule has 7 nitrogen and oxygen atoms in total. The number of tetrazole rings is 1. The molecule has 1 aromatic heterocycles. The van der Waals surface area contributed by atoms with E-state index in [1.807, 2.05) is 24.3 Å². The van der Waals surface area contributed by atoms with Crippen LogP contribution in [0.2, 0.25) is 0 Å². The molecule has 1 heterocycles. The third kappa shape index (κ3) is 3.96. The zero-order valence-electron chi connectivity index (χ0n) is 12.5. The number of rotatable bonds is 6. The molecule has 0 amide bonds. The van der Waals surface area contributed by atoms with Gasteiger partial charge in [-0.1, -0.05) is 34.1 Å². The third-order valence-electron chi connectivity index (χ3n) is 3.10. The number of aromatic nitrogens is 4. The second-order valence-electron chi connectivity index (χ2n) is 4.71. The van der Waals surface area contributed by atoms with Gasteiger partial charge in [0.15, 0.2) is 0 Å². The number of esters is 1. The molecule has 0 atom stereocenters. The van der Waals surface area contributed by atoms with Gasteiger partial charge in [0.2, 0.25) is 0 Å². The number of halogens is 1. The second kappa shape index (κ2) is 7.69. The first-order valence-electron chi connectivity index (χ1n) is 7.12. The molecule has 3 rings (SSSR count). The van der Waals surface area contributed by atoms with Crippen LogP contribution in [-0.4, -0.2) is 39.4 Å². The van der Waals surface area contributed by atoms with Crippen molar-refractivity contribution in [2.45, 2.75) is 0 Å². The fraction of sp³-hybridized carbons (Fsp3) is 0.125. The Balaban J connectivity index is 1.58. The van der Waals surface area contributed by atoms with Gasteiger partial charge in [-0.2, -0.15) is 4.68 Å². The maximum atomic E-state index is 12.3. The van der Waals surface area contributed by atoms with E-state index < -0.39 is 5.97 Å². The van der Waals surface area contributed by atoms with E-state index in [1.165, 1.54) is 11.0 Å². The van der Waals surface area contributed by atoms with Crippen LogP contribution in [0.3, 0.4) is 0 Å². The highest BCUT2D eigenvalue weighted by Gasteiger charge is 2.14. The average Bonchev–Trinajstić information content (AvgIpc) is 3.13. The maximum Gasteiger partial charge on any atom is 0.340 e. The summed E-state index contributed by atoms with van der Waals surface area (Å²) < 4.78 is 13.1. The van der Waals surface area contributed by atoms with Crippen molar-refractivity contribution in [2.24, 2.45) is 0 Å². The van der Waals surface area contributed by atoms with Crippen molar-refractivity contribution in [3.05, 3.63) is 64.9 Å². The van der Waals surface area contributed by atoms with Crippen LogP contribution in [0.25, 0.3) is 5.69 Å². The molecule has 2 aromatic carbocycles. The van der Waals surface area contributed by atoms with Gasteiger partial charge < -0.3 is 9.47 Å². The quantitative estimate of drug-likeness (QED) is 0.477. The topological polar surface area (TPSA) is 79.1 Å². The van der Waals surface area contributed by atoms with Gasteiger partial charge in [0, 0.05) is 4.47 Å². The zero-order chi connectivity index (χ0) is 16.8. The number of hydrogen-bond acceptors (Lipinski definition) is 6. The Kier molecular flexibility index (Phi) is 5.17. The molecule has 0 fully saturated rings. The summed E-state index contributed by atoms with van der Waals surface area (Å²) in [5, 5.41) is 10.9. The SMILES string of the molecule is O=C(OCCOc1cccc(Br)c1)c1ccccc1-n1cnnn1. The largest absolute Gasteiger partial charge is 0.490 e. The molecule has 0 aliphatic heterocycles. The van der Waals surface area contributed by atoms with Crippen LogP contribution in [0.5, 0.6) is 5.75 Å². The normalized spacial score (nSPS) is 10.4. The van der Waals surface area contributed by atoms with E-state index in [0.29, 0.717) is 17.0 Å². The van der Waals surface area contributed by atoms with Gasteiger partial charge >= 0.3 is 5.97 Å². The molecule has 8 heteroatoms. The number of nitrogens with zero attached hydrogens (tertiary/aromatic N) is 4. The van der Waals surface area contributed by atoms with Crippen molar-refractivity contribution in [3.8, 4) is 11.4 Å². The molecule has 0 aliphatic rings. The highest BCUT2D eigenvalue weighted by molar-refractivity contribution is 9.10. The van der Waals surface area contributed by atoms with E-state index in [-0.39, 0.29) is 13.2 Å². The Labute approximate surface area is 146 Å². The van der Waals surface area contributed by atoms with E-state index in [0.717, 1.165) is 4.47 Å². The Morgan fingerprint density at radius 3 is 2.79 bits per heavy atom. The molecule has 0 spiro atoms. The van der Waals surface area contributed by atoms with Crippen molar-refractivity contribution in [1.29, 1.82) is 0 Å². The van der Waals surface area contributed by atoms with E-state index in [9.17, 15) is 4.79 Å². The monoisotopic (exact) mass is 388 g/mol. The number of carbonyl (C=O) groups is 1. The molecular formula is C16H13BrN4O3. The van der Waals surface area contributed by atoms with Crippen LogP contribution in [0, 0.1) is 0 Å². The summed E-state index contributed by atoms with van der Waals surface area (Å²) in [6, 6.07) is 14.4. The molecule has 0 saturated carbocycles. The van der Waals surface area contributed by atoms with Crippen LogP contribution in [0.4, 0.5) is 0 Å². The first kappa shape index (κ1) is 16.1. The van der Waals surface area contributed by atoms with E-state index >= 15 is 0 Å². The van der Waals surface area contributed by atoms with Gasteiger partial charge in [0.05, 0.1) is 11.3 Å². The summed E-state index contributed by atoms with van der Waals surface area (Å²) in [6.45, 7) is 0.393. The van der Waals surface area contributed by atoms with Crippen molar-refractivity contribution < 1.29 is 14.3 Å². The Morgan fingerprint density at radius 2 is 2.00 bits per heavy atom. The third-order valence-corrected chi connectivity index (χ3v) is 3.59. The summed E-state index contributed by atoms with van der Waals surface area (Å²) in [6.07, 6.45) is 1.42. The van der Waals surface area contributed by atoms with Crippen molar-refractivity contribution in [2.75, 3.05) is 13.2 Å². The summed E-state index contributed by atoms with van der Waals surface area (Å²) >= 11 is 3.37. The predicted octanol–water partition coefficient (Wildman–Crippen LogP) is 2.66. The Bertz CT molecular complexity index is 824. The number of benzene rings is 2. The minimum Gasteiger partial charge on any atom is -0.490 e. The fourth-order valence-electron chi connectivity index (χ4n) is 2.05. The second-order valence-corrected chi connectivity index (χ2v) is 5.63. The molecule has 0 radical (unpaired) electrons. The van der Waals surface area contributed by atoms with Crippen LogP contribution in [0.1, 0.15) is 10.4 Å². The lowest BCUT2D eigenvalue weighted by atomic mass is 10.2. The summed E-state index contributed by atoms with van der Waals surface area (Å²) in [5.41, 5.74) is 0.938. The van der Waals surface area contributed by atoms with E-state index in [1.54, 1.807) is 24.3 Å². The molecular weight excluding hydrogens is 376 g/mol. The summed E-state index contributed by atoms with van der Waals surface area (Å²) in [7, 11) is 0. The lowest BCUT2D eigenvalue weighted by Crippen LogP contribution is -2.14. The highest BCUT2D eigenvalue weighted by Crippen LogP contribution is 2.18. The molecule has 0 N–H and O–H groups in total. The van der Waals surface area contributed by atoms with Gasteiger partial charge in [-0.15, -0.1) is 5.10 Å². The van der Waals surface area contributed by atoms with Gasteiger partial charge in [-0.25, -0.2) is 4.79 Å². The molecule has 3 aromatic rings. The number of para-hydroxylation sites is 1. The predicted molar refractivity (Wildman–Crippen MR) is 89.1 cm³/mol. The fourth-order valence-corrected chi connectivity index (χ4v) is 2.42. The Hall–Kier alpha value is -2.74. The minimum absolute atomic E-state index is 0.134. The van der Waals surface area contributed by atoms with Crippen molar-refractivity contribution >= 4 is 21.9 Å². The number of ether oxygens (including phenoxy) is 2. The molecule has 0 unspecified atom stereocenters. The number of hydrogen-bond donors (Lipinski definition) is 0. The van der Waals surface area contributed by atoms with E-state index in [2.05, 4.69) is 31.5 Å². The molecule has 0 saturated heterocycles. The van der Waals surface area contributed by atoms with Crippen LogP contribution in [-0.2, 0) is 4.74 Å². The first-order chi connectivity index (χ1) is 11.7. The highest BCUT2D eigenvalue weighted by atomic mass is 79.9. The summed E-state index contributed by atoms with van der Waals surface area (Å²) in [5.74, 6) is 0.244. The molecule has 0 aliphatic carbocycles. The minimum atomic E-state index is -0.459. The summed E-state index contributed by atoms with van der Waals surface area (Å²) in [4.78, 5) is 12.3. The van der Waals surface area contributed by atoms with Crippen molar-refractivity contribution in [3.63, 3.8) is 0 Å². The molecule has 0 bridgehead atoms. The standard InChI is InChI=1S/C16H13BrN4O3/c17-12-4-3-5-13(10-12)23-8-9-24-16(22)14-6-1-2-7-15(14)21-11-18-19-20-21/h1-7,10-11H,8-9H2. The lowest BCUT2D eigenvalue weighted by molar-refractivity contribution is 0.0450. The van der Waals surface area contributed by atoms with Gasteiger partial charge in [-0.3, -0.25) is 0 Å². The van der Waals surface area contributed by atoms with Crippen molar-refractivity contribution in [1.82, 2.24) is 20.2 Å². The lowest BCUT2D eigenvalue weighted by Gasteiger charge is -2.10. The Morgan fingerprint density at radius 1 is 1.12 bits per heavy atom. The van der Waals surface area contributed by atoms with Gasteiger partial charge in [-0.05, 0) is 40.8 Å². The molecule has 122 valence electrons. The average molecular weight is 389 g/mol. The van der Waals surface area contributed by atoms with Crippen LogP contribution >= 0.6 is 15.9 Å². The number of carbonyl (C=O) groups excluding carboxylic acids is 1. The maximum absolute atomic E-state index is 12.3.